The Labute approximate surface area is 140 Å². The summed E-state index contributed by atoms with van der Waals surface area (Å²) in [6, 6.07) is 1.64. The number of aryl methyl sites for hydroxylation is 1. The first kappa shape index (κ1) is 16.4. The second kappa shape index (κ2) is 7.38. The van der Waals surface area contributed by atoms with Crippen molar-refractivity contribution in [2.45, 2.75) is 19.3 Å². The Bertz CT molecular complexity index is 612. The van der Waals surface area contributed by atoms with Gasteiger partial charge in [-0.15, -0.1) is 0 Å². The first-order chi connectivity index (χ1) is 11.1. The molecule has 6 nitrogen and oxygen atoms in total. The van der Waals surface area contributed by atoms with Crippen LogP contribution >= 0.6 is 11.8 Å². The predicted molar refractivity (Wildman–Crippen MR) is 92.9 cm³/mol. The molecule has 0 bridgehead atoms. The van der Waals surface area contributed by atoms with Crippen LogP contribution in [0.4, 0.5) is 5.69 Å². The summed E-state index contributed by atoms with van der Waals surface area (Å²) in [5.41, 5.74) is 0.783. The standard InChI is InChI=1S/C16H24N4O2S/c1-18-15(21)10-14(11-17-18)20-4-2-3-13(12-20)9-16(22)19-5-7-23-8-6-19/h10-11,13H,2-9,12H2,1H3. The van der Waals surface area contributed by atoms with Gasteiger partial charge in [-0.1, -0.05) is 0 Å². The van der Waals surface area contributed by atoms with E-state index in [1.54, 1.807) is 19.3 Å². The molecule has 0 aliphatic carbocycles. The molecule has 1 atom stereocenters. The smallest absolute Gasteiger partial charge is 0.268 e. The van der Waals surface area contributed by atoms with Crippen LogP contribution in [-0.2, 0) is 11.8 Å². The number of hydrogen-bond donors (Lipinski definition) is 0. The lowest BCUT2D eigenvalue weighted by Crippen LogP contribution is -2.42. The molecule has 2 fully saturated rings. The zero-order chi connectivity index (χ0) is 16.2. The molecule has 3 rings (SSSR count). The molecule has 1 unspecified atom stereocenters. The van der Waals surface area contributed by atoms with E-state index in [9.17, 15) is 9.59 Å². The van der Waals surface area contributed by atoms with E-state index >= 15 is 0 Å². The molecule has 126 valence electrons. The maximum atomic E-state index is 12.4. The first-order valence-electron chi connectivity index (χ1n) is 8.27. The van der Waals surface area contributed by atoms with Gasteiger partial charge in [0.1, 0.15) is 0 Å². The number of aromatic nitrogens is 2. The van der Waals surface area contributed by atoms with E-state index in [2.05, 4.69) is 10.00 Å². The second-order valence-electron chi connectivity index (χ2n) is 6.33. The third-order valence-electron chi connectivity index (χ3n) is 4.66. The van der Waals surface area contributed by atoms with E-state index < -0.39 is 0 Å². The third kappa shape index (κ3) is 4.07. The highest BCUT2D eigenvalue weighted by molar-refractivity contribution is 7.99. The van der Waals surface area contributed by atoms with Crippen molar-refractivity contribution in [3.63, 3.8) is 0 Å². The van der Waals surface area contributed by atoms with Gasteiger partial charge in [0.05, 0.1) is 11.9 Å². The highest BCUT2D eigenvalue weighted by atomic mass is 32.2. The second-order valence-corrected chi connectivity index (χ2v) is 7.55. The highest BCUT2D eigenvalue weighted by Gasteiger charge is 2.25. The van der Waals surface area contributed by atoms with Crippen LogP contribution in [0.3, 0.4) is 0 Å². The van der Waals surface area contributed by atoms with Gasteiger partial charge in [-0.3, -0.25) is 9.59 Å². The van der Waals surface area contributed by atoms with Crippen molar-refractivity contribution in [2.24, 2.45) is 13.0 Å². The van der Waals surface area contributed by atoms with Gasteiger partial charge >= 0.3 is 0 Å². The molecule has 2 saturated heterocycles. The molecule has 0 N–H and O–H groups in total. The van der Waals surface area contributed by atoms with Crippen LogP contribution in [0.25, 0.3) is 0 Å². The fraction of sp³-hybridized carbons (Fsp3) is 0.688. The normalized spacial score (nSPS) is 22.2. The summed E-state index contributed by atoms with van der Waals surface area (Å²) in [6.07, 6.45) is 4.51. The number of hydrogen-bond acceptors (Lipinski definition) is 5. The van der Waals surface area contributed by atoms with Crippen molar-refractivity contribution < 1.29 is 4.79 Å². The molecule has 23 heavy (non-hydrogen) atoms. The molecular formula is C16H24N4O2S. The summed E-state index contributed by atoms with van der Waals surface area (Å²) in [5, 5.41) is 4.10. The van der Waals surface area contributed by atoms with E-state index in [1.165, 1.54) is 4.68 Å². The third-order valence-corrected chi connectivity index (χ3v) is 5.61. The summed E-state index contributed by atoms with van der Waals surface area (Å²) < 4.78 is 1.34. The largest absolute Gasteiger partial charge is 0.370 e. The molecule has 1 aromatic heterocycles. The van der Waals surface area contributed by atoms with E-state index in [1.807, 2.05) is 16.7 Å². The summed E-state index contributed by atoms with van der Waals surface area (Å²) in [6.45, 7) is 3.54. The Morgan fingerprint density at radius 1 is 1.35 bits per heavy atom. The minimum atomic E-state index is -0.0912. The summed E-state index contributed by atoms with van der Waals surface area (Å²) in [5.74, 6) is 2.78. The Morgan fingerprint density at radius 2 is 2.13 bits per heavy atom. The molecule has 0 radical (unpaired) electrons. The number of carbonyl (C=O) groups excluding carboxylic acids is 1. The quantitative estimate of drug-likeness (QED) is 0.823. The average molecular weight is 336 g/mol. The van der Waals surface area contributed by atoms with Gasteiger partial charge in [-0.2, -0.15) is 16.9 Å². The van der Waals surface area contributed by atoms with Crippen LogP contribution in [0.5, 0.6) is 0 Å². The van der Waals surface area contributed by atoms with Gasteiger partial charge in [-0.05, 0) is 18.8 Å². The lowest BCUT2D eigenvalue weighted by molar-refractivity contribution is -0.131. The Hall–Kier alpha value is -1.50. The summed E-state index contributed by atoms with van der Waals surface area (Å²) >= 11 is 1.92. The van der Waals surface area contributed by atoms with Crippen molar-refractivity contribution in [2.75, 3.05) is 42.6 Å². The molecule has 7 heteroatoms. The van der Waals surface area contributed by atoms with Gasteiger partial charge in [0, 0.05) is 57.2 Å². The molecule has 3 heterocycles. The Kier molecular flexibility index (Phi) is 5.25. The predicted octanol–water partition coefficient (Wildman–Crippen LogP) is 0.962. The van der Waals surface area contributed by atoms with Crippen LogP contribution in [0.1, 0.15) is 19.3 Å². The van der Waals surface area contributed by atoms with Gasteiger partial charge < -0.3 is 9.80 Å². The van der Waals surface area contributed by atoms with Crippen LogP contribution in [0.15, 0.2) is 17.1 Å². The van der Waals surface area contributed by atoms with E-state index in [-0.39, 0.29) is 5.56 Å². The van der Waals surface area contributed by atoms with Gasteiger partial charge in [0.2, 0.25) is 5.91 Å². The van der Waals surface area contributed by atoms with Crippen molar-refractivity contribution in [3.05, 3.63) is 22.6 Å². The zero-order valence-electron chi connectivity index (χ0n) is 13.6. The molecule has 0 aromatic carbocycles. The number of thioether (sulfide) groups is 1. The molecule has 0 spiro atoms. The SMILES string of the molecule is Cn1ncc(N2CCCC(CC(=O)N3CCSCC3)C2)cc1=O. The maximum absolute atomic E-state index is 12.4. The molecule has 0 saturated carbocycles. The molecule has 2 aliphatic rings. The monoisotopic (exact) mass is 336 g/mol. The molecular weight excluding hydrogens is 312 g/mol. The molecule has 1 aromatic rings. The number of amides is 1. The fourth-order valence-corrected chi connectivity index (χ4v) is 4.19. The zero-order valence-corrected chi connectivity index (χ0v) is 14.4. The minimum absolute atomic E-state index is 0.0912. The summed E-state index contributed by atoms with van der Waals surface area (Å²) in [4.78, 5) is 28.4. The van der Waals surface area contributed by atoms with Crippen molar-refractivity contribution in [1.82, 2.24) is 14.7 Å². The number of piperidine rings is 1. The van der Waals surface area contributed by atoms with Gasteiger partial charge in [0.15, 0.2) is 0 Å². The molecule has 2 aliphatic heterocycles. The van der Waals surface area contributed by atoms with Gasteiger partial charge in [0.25, 0.3) is 5.56 Å². The number of anilines is 1. The van der Waals surface area contributed by atoms with E-state index in [4.69, 9.17) is 0 Å². The van der Waals surface area contributed by atoms with Crippen LogP contribution in [0.2, 0.25) is 0 Å². The minimum Gasteiger partial charge on any atom is -0.370 e. The maximum Gasteiger partial charge on any atom is 0.268 e. The van der Waals surface area contributed by atoms with Crippen LogP contribution in [-0.4, -0.2) is 58.3 Å². The fourth-order valence-electron chi connectivity index (χ4n) is 3.29. The van der Waals surface area contributed by atoms with E-state index in [0.29, 0.717) is 18.2 Å². The molecule has 1 amide bonds. The van der Waals surface area contributed by atoms with Crippen LogP contribution < -0.4 is 10.5 Å². The van der Waals surface area contributed by atoms with Crippen LogP contribution in [0, 0.1) is 5.92 Å². The van der Waals surface area contributed by atoms with Gasteiger partial charge in [-0.25, -0.2) is 4.68 Å². The van der Waals surface area contributed by atoms with Crippen molar-refractivity contribution in [1.29, 1.82) is 0 Å². The van der Waals surface area contributed by atoms with Crippen molar-refractivity contribution in [3.8, 4) is 0 Å². The van der Waals surface area contributed by atoms with Crippen molar-refractivity contribution >= 4 is 23.4 Å². The lowest BCUT2D eigenvalue weighted by atomic mass is 9.94. The topological polar surface area (TPSA) is 58.4 Å². The number of nitrogens with zero attached hydrogens (tertiary/aromatic N) is 4. The summed E-state index contributed by atoms with van der Waals surface area (Å²) in [7, 11) is 1.65. The van der Waals surface area contributed by atoms with E-state index in [0.717, 1.165) is 56.2 Å². The Morgan fingerprint density at radius 3 is 2.87 bits per heavy atom. The average Bonchev–Trinajstić information content (AvgIpc) is 2.58. The lowest BCUT2D eigenvalue weighted by Gasteiger charge is -2.35. The Balaban J connectivity index is 1.60. The highest BCUT2D eigenvalue weighted by Crippen LogP contribution is 2.25. The number of carbonyl (C=O) groups is 1. The number of rotatable bonds is 3. The first-order valence-corrected chi connectivity index (χ1v) is 9.43.